The molecular weight excluding hydrogens is 445 g/mol. The number of pyridine rings is 1. The molecule has 1 fully saturated rings. The van der Waals surface area contributed by atoms with Gasteiger partial charge in [-0.15, -0.1) is 10.2 Å². The number of rotatable bonds is 7. The van der Waals surface area contributed by atoms with Gasteiger partial charge in [-0.25, -0.2) is 9.37 Å². The SMILES string of the molecule is CNc1cc(Nc2cccn(-c3ccc(OC)nn3)c2=O)nc2c(C(=O)NC3CC3F)cnn12. The molecule has 3 N–H and O–H groups in total. The van der Waals surface area contributed by atoms with Gasteiger partial charge in [0, 0.05) is 31.8 Å². The minimum Gasteiger partial charge on any atom is -0.480 e. The van der Waals surface area contributed by atoms with Crippen LogP contribution >= 0.6 is 0 Å². The monoisotopic (exact) mass is 465 g/mol. The summed E-state index contributed by atoms with van der Waals surface area (Å²) in [6.45, 7) is 0. The fraction of sp³-hybridized carbons (Fsp3) is 0.238. The third-order valence-corrected chi connectivity index (χ3v) is 5.29. The number of ether oxygens (including phenoxy) is 1. The van der Waals surface area contributed by atoms with Crippen molar-refractivity contribution in [3.8, 4) is 11.7 Å². The largest absolute Gasteiger partial charge is 0.480 e. The van der Waals surface area contributed by atoms with Crippen molar-refractivity contribution in [3.63, 3.8) is 0 Å². The summed E-state index contributed by atoms with van der Waals surface area (Å²) in [4.78, 5) is 30.1. The lowest BCUT2D eigenvalue weighted by Crippen LogP contribution is -2.27. The van der Waals surface area contributed by atoms with Gasteiger partial charge >= 0.3 is 0 Å². The Morgan fingerprint density at radius 1 is 1.26 bits per heavy atom. The molecule has 1 saturated carbocycles. The second-order valence-corrected chi connectivity index (χ2v) is 7.56. The highest BCUT2D eigenvalue weighted by atomic mass is 19.1. The van der Waals surface area contributed by atoms with Crippen LogP contribution in [0.15, 0.2) is 47.5 Å². The molecule has 5 rings (SSSR count). The quantitative estimate of drug-likeness (QED) is 0.368. The number of hydrogen-bond donors (Lipinski definition) is 3. The maximum atomic E-state index is 13.2. The van der Waals surface area contributed by atoms with Crippen LogP contribution in [-0.4, -0.2) is 61.6 Å². The molecule has 0 aliphatic heterocycles. The van der Waals surface area contributed by atoms with E-state index in [1.165, 1.54) is 22.4 Å². The van der Waals surface area contributed by atoms with E-state index in [1.807, 2.05) is 0 Å². The molecule has 13 heteroatoms. The van der Waals surface area contributed by atoms with Crippen molar-refractivity contribution in [1.29, 1.82) is 0 Å². The van der Waals surface area contributed by atoms with Gasteiger partial charge in [-0.1, -0.05) is 0 Å². The first-order valence-corrected chi connectivity index (χ1v) is 10.4. The van der Waals surface area contributed by atoms with E-state index in [4.69, 9.17) is 4.74 Å². The second kappa shape index (κ2) is 8.42. The molecule has 0 bridgehead atoms. The van der Waals surface area contributed by atoms with Gasteiger partial charge in [0.1, 0.15) is 29.1 Å². The first-order valence-electron chi connectivity index (χ1n) is 10.4. The van der Waals surface area contributed by atoms with Crippen LogP contribution in [0.3, 0.4) is 0 Å². The van der Waals surface area contributed by atoms with E-state index >= 15 is 0 Å². The number of nitrogens with one attached hydrogen (secondary N) is 3. The molecule has 0 saturated heterocycles. The number of anilines is 3. The smallest absolute Gasteiger partial charge is 0.280 e. The molecule has 1 amide bonds. The molecule has 34 heavy (non-hydrogen) atoms. The summed E-state index contributed by atoms with van der Waals surface area (Å²) < 4.78 is 21.0. The zero-order chi connectivity index (χ0) is 23.8. The van der Waals surface area contributed by atoms with Gasteiger partial charge in [-0.2, -0.15) is 9.61 Å². The highest BCUT2D eigenvalue weighted by Gasteiger charge is 2.39. The van der Waals surface area contributed by atoms with Crippen LogP contribution in [0, 0.1) is 0 Å². The van der Waals surface area contributed by atoms with Crippen molar-refractivity contribution in [2.24, 2.45) is 0 Å². The molecule has 4 aromatic heterocycles. The van der Waals surface area contributed by atoms with Crippen molar-refractivity contribution in [1.82, 2.24) is 34.7 Å². The molecule has 2 unspecified atom stereocenters. The Balaban J connectivity index is 1.49. The van der Waals surface area contributed by atoms with Crippen molar-refractivity contribution < 1.29 is 13.9 Å². The van der Waals surface area contributed by atoms with Crippen LogP contribution in [0.4, 0.5) is 21.7 Å². The molecule has 0 radical (unpaired) electrons. The van der Waals surface area contributed by atoms with E-state index in [0.29, 0.717) is 29.8 Å². The van der Waals surface area contributed by atoms with Gasteiger partial charge in [0.15, 0.2) is 11.5 Å². The normalized spacial score (nSPS) is 16.8. The molecule has 12 nitrogen and oxygen atoms in total. The molecular formula is C21H20FN9O3. The van der Waals surface area contributed by atoms with E-state index in [2.05, 4.69) is 36.2 Å². The predicted molar refractivity (Wildman–Crippen MR) is 121 cm³/mol. The molecule has 4 aromatic rings. The van der Waals surface area contributed by atoms with Crippen molar-refractivity contribution in [2.45, 2.75) is 18.6 Å². The number of carbonyl (C=O) groups excluding carboxylic acids is 1. The van der Waals surface area contributed by atoms with E-state index in [1.54, 1.807) is 43.6 Å². The highest BCUT2D eigenvalue weighted by Crippen LogP contribution is 2.26. The lowest BCUT2D eigenvalue weighted by Gasteiger charge is -2.11. The van der Waals surface area contributed by atoms with Gasteiger partial charge < -0.3 is 20.7 Å². The molecule has 4 heterocycles. The Hall–Kier alpha value is -4.55. The first-order chi connectivity index (χ1) is 16.5. The number of amides is 1. The summed E-state index contributed by atoms with van der Waals surface area (Å²) in [6, 6.07) is 7.63. The second-order valence-electron chi connectivity index (χ2n) is 7.56. The Bertz CT molecular complexity index is 1430. The predicted octanol–water partition coefficient (Wildman–Crippen LogP) is 1.30. The fourth-order valence-corrected chi connectivity index (χ4v) is 3.38. The Morgan fingerprint density at radius 3 is 2.76 bits per heavy atom. The molecule has 0 aromatic carbocycles. The van der Waals surface area contributed by atoms with Gasteiger partial charge in [-0.3, -0.25) is 14.2 Å². The number of fused-ring (bicyclic) bond motifs is 1. The van der Waals surface area contributed by atoms with Gasteiger partial charge in [0.2, 0.25) is 5.88 Å². The zero-order valence-corrected chi connectivity index (χ0v) is 18.2. The number of carbonyl (C=O) groups is 1. The Labute approximate surface area is 191 Å². The third-order valence-electron chi connectivity index (χ3n) is 5.29. The lowest BCUT2D eigenvalue weighted by atomic mass is 10.3. The third kappa shape index (κ3) is 3.87. The van der Waals surface area contributed by atoms with E-state index < -0.39 is 18.1 Å². The molecule has 174 valence electrons. The number of aromatic nitrogens is 6. The Kier molecular flexibility index (Phi) is 5.28. The van der Waals surface area contributed by atoms with Crippen LogP contribution < -0.4 is 26.2 Å². The summed E-state index contributed by atoms with van der Waals surface area (Å²) >= 11 is 0. The fourth-order valence-electron chi connectivity index (χ4n) is 3.38. The maximum absolute atomic E-state index is 13.2. The zero-order valence-electron chi connectivity index (χ0n) is 18.2. The van der Waals surface area contributed by atoms with Gasteiger partial charge in [0.05, 0.1) is 19.3 Å². The van der Waals surface area contributed by atoms with E-state index in [-0.39, 0.29) is 22.5 Å². The Morgan fingerprint density at radius 2 is 2.09 bits per heavy atom. The standard InChI is InChI=1S/C21H20FN9O3/c1-23-17-9-15(27-19-11(10-24-31(17)19)20(32)26-14-8-12(14)22)25-13-4-3-7-30(21(13)33)16-5-6-18(34-2)29-28-16/h3-7,9-10,12,14,23H,8H2,1-2H3,(H,25,27)(H,26,32). The average molecular weight is 465 g/mol. The van der Waals surface area contributed by atoms with Crippen LogP contribution in [0.5, 0.6) is 5.88 Å². The first kappa shape index (κ1) is 21.3. The average Bonchev–Trinajstić information content (AvgIpc) is 3.36. The van der Waals surface area contributed by atoms with Crippen LogP contribution in [0.25, 0.3) is 11.5 Å². The maximum Gasteiger partial charge on any atom is 0.280 e. The number of nitrogens with zero attached hydrogens (tertiary/aromatic N) is 6. The van der Waals surface area contributed by atoms with Crippen LogP contribution in [-0.2, 0) is 0 Å². The highest BCUT2D eigenvalue weighted by molar-refractivity contribution is 6.00. The number of hydrogen-bond acceptors (Lipinski definition) is 9. The van der Waals surface area contributed by atoms with E-state index in [9.17, 15) is 14.0 Å². The minimum absolute atomic E-state index is 0.193. The minimum atomic E-state index is -1.03. The summed E-state index contributed by atoms with van der Waals surface area (Å²) in [7, 11) is 3.17. The van der Waals surface area contributed by atoms with Crippen LogP contribution in [0.2, 0.25) is 0 Å². The van der Waals surface area contributed by atoms with Crippen molar-refractivity contribution >= 4 is 28.9 Å². The van der Waals surface area contributed by atoms with Crippen LogP contribution in [0.1, 0.15) is 16.8 Å². The van der Waals surface area contributed by atoms with Gasteiger partial charge in [-0.05, 0) is 18.2 Å². The summed E-state index contributed by atoms with van der Waals surface area (Å²) in [6.07, 6.45) is 2.20. The lowest BCUT2D eigenvalue weighted by molar-refractivity contribution is 0.0949. The summed E-state index contributed by atoms with van der Waals surface area (Å²) in [5.74, 6) is 1.00. The van der Waals surface area contributed by atoms with Crippen molar-refractivity contribution in [3.05, 3.63) is 58.6 Å². The molecule has 1 aliphatic carbocycles. The molecule has 0 spiro atoms. The molecule has 1 aliphatic rings. The summed E-state index contributed by atoms with van der Waals surface area (Å²) in [5, 5.41) is 20.7. The molecule has 2 atom stereocenters. The topological polar surface area (TPSA) is 140 Å². The number of halogens is 1. The number of alkyl halides is 1. The van der Waals surface area contributed by atoms with Gasteiger partial charge in [0.25, 0.3) is 11.5 Å². The van der Waals surface area contributed by atoms with Crippen molar-refractivity contribution in [2.75, 3.05) is 24.8 Å². The summed E-state index contributed by atoms with van der Waals surface area (Å²) in [5.41, 5.74) is 0.282. The number of methoxy groups -OCH3 is 1. The van der Waals surface area contributed by atoms with E-state index in [0.717, 1.165) is 0 Å².